The van der Waals surface area contributed by atoms with E-state index in [-0.39, 0.29) is 17.9 Å². The molecule has 0 saturated carbocycles. The average molecular weight is 351 g/mol. The molecule has 0 aromatic heterocycles. The maximum absolute atomic E-state index is 13.1. The Morgan fingerprint density at radius 1 is 1.00 bits per heavy atom. The normalized spacial score (nSPS) is 11.7. The fourth-order valence-electron chi connectivity index (χ4n) is 2.08. The molecule has 0 radical (unpaired) electrons. The van der Waals surface area contributed by atoms with E-state index in [0.29, 0.717) is 12.5 Å². The Morgan fingerprint density at radius 3 is 2.20 bits per heavy atom. The van der Waals surface area contributed by atoms with Crippen molar-refractivity contribution in [3.8, 4) is 0 Å². The van der Waals surface area contributed by atoms with Crippen molar-refractivity contribution in [1.29, 1.82) is 0 Å². The van der Waals surface area contributed by atoms with Gasteiger partial charge in [-0.2, -0.15) is 0 Å². The summed E-state index contributed by atoms with van der Waals surface area (Å²) in [6, 6.07) is 8.11. The van der Waals surface area contributed by atoms with Crippen molar-refractivity contribution < 1.29 is 27.5 Å². The number of benzene rings is 2. The quantitative estimate of drug-likeness (QED) is 0.814. The van der Waals surface area contributed by atoms with Gasteiger partial charge in [-0.3, -0.25) is 4.79 Å². The van der Waals surface area contributed by atoms with Gasteiger partial charge >= 0.3 is 5.97 Å². The monoisotopic (exact) mass is 351 g/mol. The SMILES string of the molecule is CC(OC(=O)c1cc(F)cc(F)c1)C(=O)NCCc1ccc(F)cc1. The highest BCUT2D eigenvalue weighted by Gasteiger charge is 2.19. The Balaban J connectivity index is 1.83. The van der Waals surface area contributed by atoms with Crippen molar-refractivity contribution in [3.05, 3.63) is 71.0 Å². The van der Waals surface area contributed by atoms with E-state index in [4.69, 9.17) is 4.74 Å². The largest absolute Gasteiger partial charge is 0.449 e. The molecule has 0 aliphatic carbocycles. The zero-order valence-corrected chi connectivity index (χ0v) is 13.4. The van der Waals surface area contributed by atoms with Crippen LogP contribution in [0, 0.1) is 17.5 Å². The van der Waals surface area contributed by atoms with Crippen LogP contribution in [0.3, 0.4) is 0 Å². The van der Waals surface area contributed by atoms with E-state index in [0.717, 1.165) is 17.7 Å². The molecule has 1 atom stereocenters. The maximum Gasteiger partial charge on any atom is 0.339 e. The molecule has 2 rings (SSSR count). The summed E-state index contributed by atoms with van der Waals surface area (Å²) in [5.41, 5.74) is 0.519. The summed E-state index contributed by atoms with van der Waals surface area (Å²) in [5.74, 6) is -3.72. The summed E-state index contributed by atoms with van der Waals surface area (Å²) in [7, 11) is 0. The van der Waals surface area contributed by atoms with Crippen LogP contribution >= 0.6 is 0 Å². The lowest BCUT2D eigenvalue weighted by molar-refractivity contribution is -0.129. The minimum Gasteiger partial charge on any atom is -0.449 e. The third-order valence-corrected chi connectivity index (χ3v) is 3.38. The maximum atomic E-state index is 13.1. The number of ether oxygens (including phenoxy) is 1. The fraction of sp³-hybridized carbons (Fsp3) is 0.222. The van der Waals surface area contributed by atoms with Crippen LogP contribution in [0.2, 0.25) is 0 Å². The molecule has 0 fully saturated rings. The van der Waals surface area contributed by atoms with Crippen molar-refractivity contribution in [2.45, 2.75) is 19.4 Å². The molecule has 0 heterocycles. The van der Waals surface area contributed by atoms with Crippen LogP contribution in [0.1, 0.15) is 22.8 Å². The molecule has 0 spiro atoms. The van der Waals surface area contributed by atoms with Crippen LogP contribution in [0.15, 0.2) is 42.5 Å². The Hall–Kier alpha value is -2.83. The number of nitrogens with one attached hydrogen (secondary N) is 1. The van der Waals surface area contributed by atoms with Crippen molar-refractivity contribution in [2.24, 2.45) is 0 Å². The van der Waals surface area contributed by atoms with Gasteiger partial charge in [0.1, 0.15) is 17.5 Å². The van der Waals surface area contributed by atoms with E-state index in [1.807, 2.05) is 0 Å². The van der Waals surface area contributed by atoms with Crippen LogP contribution < -0.4 is 5.32 Å². The third-order valence-electron chi connectivity index (χ3n) is 3.38. The van der Waals surface area contributed by atoms with E-state index in [1.54, 1.807) is 12.1 Å². The predicted octanol–water partition coefficient (Wildman–Crippen LogP) is 3.01. The van der Waals surface area contributed by atoms with Crippen LogP contribution in [-0.2, 0) is 16.0 Å². The molecule has 0 aliphatic rings. The van der Waals surface area contributed by atoms with Crippen LogP contribution in [0.5, 0.6) is 0 Å². The number of halogens is 3. The van der Waals surface area contributed by atoms with E-state index in [9.17, 15) is 22.8 Å². The standard InChI is InChI=1S/C18H16F3NO3/c1-11(25-18(24)13-8-15(20)10-16(21)9-13)17(23)22-7-6-12-2-4-14(19)5-3-12/h2-5,8-11H,6-7H2,1H3,(H,22,23). The van der Waals surface area contributed by atoms with Gasteiger partial charge in [-0.15, -0.1) is 0 Å². The second-order valence-corrected chi connectivity index (χ2v) is 5.37. The fourth-order valence-corrected chi connectivity index (χ4v) is 2.08. The minimum absolute atomic E-state index is 0.265. The van der Waals surface area contributed by atoms with Crippen molar-refractivity contribution in [1.82, 2.24) is 5.32 Å². The van der Waals surface area contributed by atoms with Gasteiger partial charge in [-0.1, -0.05) is 12.1 Å². The summed E-state index contributed by atoms with van der Waals surface area (Å²) < 4.78 is 43.9. The highest BCUT2D eigenvalue weighted by Crippen LogP contribution is 2.10. The third kappa shape index (κ3) is 5.63. The Kier molecular flexibility index (Phi) is 6.16. The second-order valence-electron chi connectivity index (χ2n) is 5.37. The number of esters is 1. The molecule has 132 valence electrons. The highest BCUT2D eigenvalue weighted by atomic mass is 19.1. The number of rotatable bonds is 6. The molecule has 0 saturated heterocycles. The lowest BCUT2D eigenvalue weighted by Crippen LogP contribution is -2.36. The molecular weight excluding hydrogens is 335 g/mol. The Bertz CT molecular complexity index is 742. The van der Waals surface area contributed by atoms with Gasteiger partial charge in [0.15, 0.2) is 6.10 Å². The van der Waals surface area contributed by atoms with Gasteiger partial charge in [0.25, 0.3) is 5.91 Å². The summed E-state index contributed by atoms with van der Waals surface area (Å²) in [6.07, 6.45) is -0.658. The number of carbonyl (C=O) groups excluding carboxylic acids is 2. The molecule has 1 N–H and O–H groups in total. The second kappa shape index (κ2) is 8.32. The van der Waals surface area contributed by atoms with Crippen LogP contribution in [-0.4, -0.2) is 24.5 Å². The lowest BCUT2D eigenvalue weighted by Gasteiger charge is -2.13. The van der Waals surface area contributed by atoms with E-state index in [1.165, 1.54) is 19.1 Å². The molecule has 0 aliphatic heterocycles. The van der Waals surface area contributed by atoms with Crippen molar-refractivity contribution in [2.75, 3.05) is 6.54 Å². The number of hydrogen-bond donors (Lipinski definition) is 1. The van der Waals surface area contributed by atoms with E-state index in [2.05, 4.69) is 5.32 Å². The number of hydrogen-bond acceptors (Lipinski definition) is 3. The molecule has 0 bridgehead atoms. The summed E-state index contributed by atoms with van der Waals surface area (Å²) in [6.45, 7) is 1.61. The predicted molar refractivity (Wildman–Crippen MR) is 84.3 cm³/mol. The van der Waals surface area contributed by atoms with Gasteiger partial charge in [-0.05, 0) is 43.2 Å². The highest BCUT2D eigenvalue weighted by molar-refractivity contribution is 5.92. The molecule has 7 heteroatoms. The van der Waals surface area contributed by atoms with Gasteiger partial charge in [0.2, 0.25) is 0 Å². The average Bonchev–Trinajstić information content (AvgIpc) is 2.55. The first-order chi connectivity index (χ1) is 11.8. The van der Waals surface area contributed by atoms with Crippen molar-refractivity contribution >= 4 is 11.9 Å². The van der Waals surface area contributed by atoms with E-state index >= 15 is 0 Å². The smallest absolute Gasteiger partial charge is 0.339 e. The summed E-state index contributed by atoms with van der Waals surface area (Å²) in [4.78, 5) is 23.7. The molecule has 2 aromatic rings. The zero-order chi connectivity index (χ0) is 18.4. The molecule has 2 aromatic carbocycles. The van der Waals surface area contributed by atoms with E-state index < -0.39 is 29.6 Å². The lowest BCUT2D eigenvalue weighted by atomic mass is 10.1. The number of amides is 1. The topological polar surface area (TPSA) is 55.4 Å². The molecule has 1 unspecified atom stereocenters. The zero-order valence-electron chi connectivity index (χ0n) is 13.4. The van der Waals surface area contributed by atoms with Gasteiger partial charge in [0, 0.05) is 12.6 Å². The van der Waals surface area contributed by atoms with Gasteiger partial charge in [-0.25, -0.2) is 18.0 Å². The van der Waals surface area contributed by atoms with Crippen molar-refractivity contribution in [3.63, 3.8) is 0 Å². The van der Waals surface area contributed by atoms with Gasteiger partial charge < -0.3 is 10.1 Å². The number of carbonyl (C=O) groups is 2. The first-order valence-electron chi connectivity index (χ1n) is 7.54. The molecule has 25 heavy (non-hydrogen) atoms. The molecular formula is C18H16F3NO3. The Morgan fingerprint density at radius 2 is 1.60 bits per heavy atom. The summed E-state index contributed by atoms with van der Waals surface area (Å²) >= 11 is 0. The first-order valence-corrected chi connectivity index (χ1v) is 7.54. The summed E-state index contributed by atoms with van der Waals surface area (Å²) in [5, 5.41) is 2.57. The van der Waals surface area contributed by atoms with Gasteiger partial charge in [0.05, 0.1) is 5.56 Å². The molecule has 1 amide bonds. The Labute approximate surface area is 142 Å². The van der Waals surface area contributed by atoms with Crippen LogP contribution in [0.4, 0.5) is 13.2 Å². The van der Waals surface area contributed by atoms with Crippen LogP contribution in [0.25, 0.3) is 0 Å². The minimum atomic E-state index is -1.13. The molecule has 4 nitrogen and oxygen atoms in total. The first kappa shape index (κ1) is 18.5.